The normalized spacial score (nSPS) is 12.7. The monoisotopic (exact) mass is 289 g/mol. The molecule has 0 aliphatic carbocycles. The van der Waals surface area contributed by atoms with E-state index in [-0.39, 0.29) is 6.04 Å². The highest BCUT2D eigenvalue weighted by molar-refractivity contribution is 7.17. The van der Waals surface area contributed by atoms with Crippen molar-refractivity contribution in [2.24, 2.45) is 5.84 Å². The SMILES string of the molecule is NNC(c1ccc(Cl)cc1)c1cnc2ccsc2c1. The number of halogens is 1. The molecule has 1 atom stereocenters. The van der Waals surface area contributed by atoms with Crippen molar-refractivity contribution in [3.05, 3.63) is 64.1 Å². The van der Waals surface area contributed by atoms with Crippen molar-refractivity contribution in [1.82, 2.24) is 10.4 Å². The van der Waals surface area contributed by atoms with Gasteiger partial charge in [-0.1, -0.05) is 23.7 Å². The average Bonchev–Trinajstić information content (AvgIpc) is 2.89. The van der Waals surface area contributed by atoms with Gasteiger partial charge in [-0.05, 0) is 40.8 Å². The van der Waals surface area contributed by atoms with Gasteiger partial charge in [0.15, 0.2) is 0 Å². The van der Waals surface area contributed by atoms with Gasteiger partial charge >= 0.3 is 0 Å². The molecule has 5 heteroatoms. The van der Waals surface area contributed by atoms with E-state index in [0.717, 1.165) is 21.3 Å². The molecule has 0 aliphatic heterocycles. The molecule has 0 saturated heterocycles. The number of hydrogen-bond donors (Lipinski definition) is 2. The van der Waals surface area contributed by atoms with Crippen LogP contribution in [0.3, 0.4) is 0 Å². The second kappa shape index (κ2) is 5.27. The Balaban J connectivity index is 2.03. The topological polar surface area (TPSA) is 50.9 Å². The first kappa shape index (κ1) is 12.6. The summed E-state index contributed by atoms with van der Waals surface area (Å²) in [5.74, 6) is 5.69. The number of nitrogens with two attached hydrogens (primary N) is 1. The van der Waals surface area contributed by atoms with E-state index in [1.54, 1.807) is 11.3 Å². The van der Waals surface area contributed by atoms with Crippen LogP contribution in [0.25, 0.3) is 10.2 Å². The summed E-state index contributed by atoms with van der Waals surface area (Å²) in [4.78, 5) is 4.44. The molecule has 3 nitrogen and oxygen atoms in total. The van der Waals surface area contributed by atoms with Gasteiger partial charge in [0, 0.05) is 11.2 Å². The summed E-state index contributed by atoms with van der Waals surface area (Å²) in [5.41, 5.74) is 5.95. The Kier molecular flexibility index (Phi) is 3.48. The Morgan fingerprint density at radius 3 is 2.68 bits per heavy atom. The molecule has 96 valence electrons. The smallest absolute Gasteiger partial charge is 0.0809 e. The summed E-state index contributed by atoms with van der Waals surface area (Å²) >= 11 is 7.58. The van der Waals surface area contributed by atoms with Crippen molar-refractivity contribution in [1.29, 1.82) is 0 Å². The van der Waals surface area contributed by atoms with Crippen LogP contribution >= 0.6 is 22.9 Å². The largest absolute Gasteiger partial charge is 0.271 e. The number of hydrazine groups is 1. The summed E-state index contributed by atoms with van der Waals surface area (Å²) in [7, 11) is 0. The number of rotatable bonds is 3. The van der Waals surface area contributed by atoms with Gasteiger partial charge in [0.2, 0.25) is 0 Å². The lowest BCUT2D eigenvalue weighted by Crippen LogP contribution is -2.28. The molecule has 0 aliphatic rings. The van der Waals surface area contributed by atoms with Gasteiger partial charge in [0.05, 0.1) is 16.3 Å². The van der Waals surface area contributed by atoms with E-state index in [1.807, 2.05) is 41.9 Å². The summed E-state index contributed by atoms with van der Waals surface area (Å²) in [5, 5.41) is 2.75. The van der Waals surface area contributed by atoms with Crippen molar-refractivity contribution in [2.45, 2.75) is 6.04 Å². The molecule has 1 aromatic carbocycles. The second-order valence-corrected chi connectivity index (χ2v) is 5.61. The van der Waals surface area contributed by atoms with Gasteiger partial charge < -0.3 is 0 Å². The van der Waals surface area contributed by atoms with E-state index in [0.29, 0.717) is 5.02 Å². The van der Waals surface area contributed by atoms with E-state index in [2.05, 4.69) is 16.5 Å². The van der Waals surface area contributed by atoms with Crippen LogP contribution in [-0.2, 0) is 0 Å². The number of thiophene rings is 1. The van der Waals surface area contributed by atoms with Crippen LogP contribution in [0.4, 0.5) is 0 Å². The van der Waals surface area contributed by atoms with Crippen LogP contribution in [0.2, 0.25) is 5.02 Å². The number of hydrogen-bond acceptors (Lipinski definition) is 4. The first-order valence-electron chi connectivity index (χ1n) is 5.82. The van der Waals surface area contributed by atoms with Crippen LogP contribution in [0.1, 0.15) is 17.2 Å². The fourth-order valence-corrected chi connectivity index (χ4v) is 2.97. The van der Waals surface area contributed by atoms with Crippen molar-refractivity contribution >= 4 is 33.2 Å². The molecular weight excluding hydrogens is 278 g/mol. The molecule has 2 aromatic heterocycles. The number of fused-ring (bicyclic) bond motifs is 1. The van der Waals surface area contributed by atoms with Crippen molar-refractivity contribution in [2.75, 3.05) is 0 Å². The number of aromatic nitrogens is 1. The molecule has 2 heterocycles. The molecule has 19 heavy (non-hydrogen) atoms. The Labute approximate surface area is 120 Å². The maximum atomic E-state index is 5.91. The molecule has 0 bridgehead atoms. The molecule has 3 rings (SSSR count). The van der Waals surface area contributed by atoms with E-state index < -0.39 is 0 Å². The number of benzene rings is 1. The summed E-state index contributed by atoms with van der Waals surface area (Å²) < 4.78 is 1.16. The molecule has 0 radical (unpaired) electrons. The summed E-state index contributed by atoms with van der Waals surface area (Å²) in [6.07, 6.45) is 1.86. The minimum Gasteiger partial charge on any atom is -0.271 e. The van der Waals surface area contributed by atoms with Crippen LogP contribution < -0.4 is 11.3 Å². The van der Waals surface area contributed by atoms with Crippen molar-refractivity contribution in [3.8, 4) is 0 Å². The molecule has 0 spiro atoms. The minimum atomic E-state index is -0.0868. The Morgan fingerprint density at radius 2 is 1.95 bits per heavy atom. The highest BCUT2D eigenvalue weighted by Gasteiger charge is 2.13. The summed E-state index contributed by atoms with van der Waals surface area (Å²) in [6, 6.07) is 11.7. The van der Waals surface area contributed by atoms with E-state index >= 15 is 0 Å². The van der Waals surface area contributed by atoms with Gasteiger partial charge in [0.1, 0.15) is 0 Å². The highest BCUT2D eigenvalue weighted by atomic mass is 35.5. The fourth-order valence-electron chi connectivity index (χ4n) is 2.06. The number of pyridine rings is 1. The van der Waals surface area contributed by atoms with E-state index in [9.17, 15) is 0 Å². The Hall–Kier alpha value is -1.46. The Bertz CT molecular complexity index is 693. The standard InChI is InChI=1S/C14H12ClN3S/c15-11-3-1-9(2-4-11)14(18-16)10-7-13-12(17-8-10)5-6-19-13/h1-8,14,18H,16H2. The predicted octanol–water partition coefficient (Wildman–Crippen LogP) is 3.50. The zero-order valence-electron chi connectivity index (χ0n) is 10.0. The van der Waals surface area contributed by atoms with Gasteiger partial charge in [-0.3, -0.25) is 10.8 Å². The van der Waals surface area contributed by atoms with Crippen LogP contribution in [-0.4, -0.2) is 4.98 Å². The lowest BCUT2D eigenvalue weighted by molar-refractivity contribution is 0.636. The first-order valence-corrected chi connectivity index (χ1v) is 7.08. The molecule has 1 unspecified atom stereocenters. The Morgan fingerprint density at radius 1 is 1.16 bits per heavy atom. The zero-order chi connectivity index (χ0) is 13.2. The maximum Gasteiger partial charge on any atom is 0.0809 e. The van der Waals surface area contributed by atoms with Gasteiger partial charge in [-0.25, -0.2) is 5.43 Å². The molecule has 0 saturated carbocycles. The van der Waals surface area contributed by atoms with E-state index in [1.165, 1.54) is 0 Å². The van der Waals surface area contributed by atoms with Crippen LogP contribution in [0.5, 0.6) is 0 Å². The average molecular weight is 290 g/mol. The molecular formula is C14H12ClN3S. The number of nitrogens with zero attached hydrogens (tertiary/aromatic N) is 1. The third-order valence-corrected chi connectivity index (χ3v) is 4.13. The van der Waals surface area contributed by atoms with Crippen LogP contribution in [0, 0.1) is 0 Å². The van der Waals surface area contributed by atoms with Crippen molar-refractivity contribution < 1.29 is 0 Å². The lowest BCUT2D eigenvalue weighted by Gasteiger charge is -2.16. The van der Waals surface area contributed by atoms with Gasteiger partial charge in [0.25, 0.3) is 0 Å². The highest BCUT2D eigenvalue weighted by Crippen LogP contribution is 2.26. The number of nitrogens with one attached hydrogen (secondary N) is 1. The van der Waals surface area contributed by atoms with Crippen LogP contribution in [0.15, 0.2) is 48.0 Å². The fraction of sp³-hybridized carbons (Fsp3) is 0.0714. The van der Waals surface area contributed by atoms with Gasteiger partial charge in [-0.2, -0.15) is 0 Å². The van der Waals surface area contributed by atoms with E-state index in [4.69, 9.17) is 17.4 Å². The maximum absolute atomic E-state index is 5.91. The lowest BCUT2D eigenvalue weighted by atomic mass is 10.0. The van der Waals surface area contributed by atoms with Gasteiger partial charge in [-0.15, -0.1) is 11.3 Å². The zero-order valence-corrected chi connectivity index (χ0v) is 11.6. The summed E-state index contributed by atoms with van der Waals surface area (Å²) in [6.45, 7) is 0. The minimum absolute atomic E-state index is 0.0868. The van der Waals surface area contributed by atoms with Crippen molar-refractivity contribution in [3.63, 3.8) is 0 Å². The third-order valence-electron chi connectivity index (χ3n) is 3.03. The predicted molar refractivity (Wildman–Crippen MR) is 80.2 cm³/mol. The molecule has 3 N–H and O–H groups in total. The third kappa shape index (κ3) is 2.48. The first-order chi connectivity index (χ1) is 9.28. The molecule has 0 amide bonds. The molecule has 0 fully saturated rings. The quantitative estimate of drug-likeness (QED) is 0.573. The second-order valence-electron chi connectivity index (χ2n) is 4.22. The molecule has 3 aromatic rings.